The zero-order valence-electron chi connectivity index (χ0n) is 15.1. The van der Waals surface area contributed by atoms with Crippen molar-refractivity contribution in [1.29, 1.82) is 0 Å². The first-order valence-corrected chi connectivity index (χ1v) is 9.20. The Labute approximate surface area is 166 Å². The third kappa shape index (κ3) is 4.63. The number of halogens is 5. The van der Waals surface area contributed by atoms with Crippen LogP contribution in [0.15, 0.2) is 35.5 Å². The molecule has 0 atom stereocenters. The second-order valence-corrected chi connectivity index (χ2v) is 6.97. The minimum absolute atomic E-state index is 0.0889. The molecular weight excluding hydrogens is 417 g/mol. The molecule has 0 unspecified atom stereocenters. The van der Waals surface area contributed by atoms with Crippen molar-refractivity contribution in [1.82, 2.24) is 24.7 Å². The van der Waals surface area contributed by atoms with Crippen molar-refractivity contribution >= 4 is 11.8 Å². The second kappa shape index (κ2) is 8.31. The van der Waals surface area contributed by atoms with E-state index in [1.165, 1.54) is 23.9 Å². The number of rotatable bonds is 6. The Balaban J connectivity index is 1.98. The lowest BCUT2D eigenvalue weighted by Crippen LogP contribution is -2.07. The molecule has 0 aliphatic heterocycles. The van der Waals surface area contributed by atoms with Gasteiger partial charge in [-0.15, -0.1) is 22.0 Å². The van der Waals surface area contributed by atoms with Crippen molar-refractivity contribution in [2.24, 2.45) is 7.05 Å². The quantitative estimate of drug-likeness (QED) is 0.417. The fraction of sp³-hybridized carbons (Fsp3) is 0.294. The Morgan fingerprint density at radius 2 is 1.83 bits per heavy atom. The summed E-state index contributed by atoms with van der Waals surface area (Å²) in [5.41, 5.74) is -0.289. The Hall–Kier alpha value is -2.76. The summed E-state index contributed by atoms with van der Waals surface area (Å²) < 4.78 is 68.9. The van der Waals surface area contributed by atoms with Crippen LogP contribution in [0.25, 0.3) is 22.9 Å². The van der Waals surface area contributed by atoms with Crippen LogP contribution in [-0.2, 0) is 13.2 Å². The number of hydrogen-bond acceptors (Lipinski definition) is 6. The Morgan fingerprint density at radius 1 is 1.10 bits per heavy atom. The van der Waals surface area contributed by atoms with Gasteiger partial charge in [0.15, 0.2) is 11.6 Å². The molecule has 0 aliphatic carbocycles. The largest absolute Gasteiger partial charge is 0.433 e. The van der Waals surface area contributed by atoms with Crippen LogP contribution >= 0.6 is 11.8 Å². The highest BCUT2D eigenvalue weighted by Gasteiger charge is 2.32. The average Bonchev–Trinajstić information content (AvgIpc) is 3.02. The molecule has 0 saturated heterocycles. The van der Waals surface area contributed by atoms with Gasteiger partial charge in [0, 0.05) is 23.7 Å². The highest BCUT2D eigenvalue weighted by molar-refractivity contribution is 7.99. The van der Waals surface area contributed by atoms with Crippen LogP contribution < -0.4 is 4.74 Å². The van der Waals surface area contributed by atoms with Crippen LogP contribution in [0.1, 0.15) is 12.6 Å². The van der Waals surface area contributed by atoms with Crippen LogP contribution in [0.5, 0.6) is 5.75 Å². The summed E-state index contributed by atoms with van der Waals surface area (Å²) in [5, 5.41) is 8.08. The van der Waals surface area contributed by atoms with E-state index in [-0.39, 0.29) is 11.6 Å². The first-order chi connectivity index (χ1) is 13.7. The fourth-order valence-electron chi connectivity index (χ4n) is 2.51. The maximum absolute atomic E-state index is 12.7. The molecule has 0 N–H and O–H groups in total. The summed E-state index contributed by atoms with van der Waals surface area (Å²) in [6, 6.07) is 3.53. The number of hydrogen-bond donors (Lipinski definition) is 0. The van der Waals surface area contributed by atoms with Gasteiger partial charge in [0.05, 0.1) is 6.20 Å². The van der Waals surface area contributed by atoms with Gasteiger partial charge in [-0.2, -0.15) is 22.0 Å². The molecule has 0 amide bonds. The molecule has 3 rings (SSSR count). The predicted molar refractivity (Wildman–Crippen MR) is 95.5 cm³/mol. The summed E-state index contributed by atoms with van der Waals surface area (Å²) in [6.45, 7) is -1.10. The zero-order valence-corrected chi connectivity index (χ0v) is 15.9. The van der Waals surface area contributed by atoms with Gasteiger partial charge in [-0.1, -0.05) is 6.92 Å². The standard InChI is InChI=1S/C17H14F5N5OS/c1-3-29-11-6-10(28-16(18)19)8-24-13(11)15-26-25-14(27(15)2)9-4-5-12(23-7-9)17(20,21)22/h4-8,16H,3H2,1-2H3. The van der Waals surface area contributed by atoms with Crippen LogP contribution in [0.2, 0.25) is 0 Å². The maximum atomic E-state index is 12.7. The van der Waals surface area contributed by atoms with Gasteiger partial charge in [0.25, 0.3) is 0 Å². The van der Waals surface area contributed by atoms with Crippen molar-refractivity contribution in [3.05, 3.63) is 36.3 Å². The van der Waals surface area contributed by atoms with Gasteiger partial charge >= 0.3 is 12.8 Å². The summed E-state index contributed by atoms with van der Waals surface area (Å²) >= 11 is 1.35. The van der Waals surface area contributed by atoms with Gasteiger partial charge in [-0.3, -0.25) is 4.98 Å². The molecule has 0 fully saturated rings. The van der Waals surface area contributed by atoms with Gasteiger partial charge in [-0.25, -0.2) is 4.98 Å². The van der Waals surface area contributed by atoms with E-state index < -0.39 is 18.5 Å². The van der Waals surface area contributed by atoms with Gasteiger partial charge in [-0.05, 0) is 24.0 Å². The fourth-order valence-corrected chi connectivity index (χ4v) is 3.30. The SMILES string of the molecule is CCSc1cc(OC(F)F)cnc1-c1nnc(-c2ccc(C(F)(F)F)nc2)n1C. The topological polar surface area (TPSA) is 65.7 Å². The lowest BCUT2D eigenvalue weighted by molar-refractivity contribution is -0.141. The minimum atomic E-state index is -4.54. The smallest absolute Gasteiger partial charge is 0.433 e. The summed E-state index contributed by atoms with van der Waals surface area (Å²) in [5.74, 6) is 1.15. The summed E-state index contributed by atoms with van der Waals surface area (Å²) in [7, 11) is 1.62. The molecule has 12 heteroatoms. The molecule has 0 aliphatic rings. The van der Waals surface area contributed by atoms with E-state index in [9.17, 15) is 22.0 Å². The average molecular weight is 431 g/mol. The minimum Gasteiger partial charge on any atom is -0.433 e. The number of alkyl halides is 5. The highest BCUT2D eigenvalue weighted by atomic mass is 32.2. The van der Waals surface area contributed by atoms with E-state index in [4.69, 9.17) is 0 Å². The molecule has 0 bridgehead atoms. The molecule has 0 saturated carbocycles. The Kier molecular flexibility index (Phi) is 6.01. The first kappa shape index (κ1) is 21.0. The predicted octanol–water partition coefficient (Wildman–Crippen LogP) is 4.67. The second-order valence-electron chi connectivity index (χ2n) is 5.67. The van der Waals surface area contributed by atoms with E-state index in [1.807, 2.05) is 6.92 Å². The van der Waals surface area contributed by atoms with Gasteiger partial charge < -0.3 is 9.30 Å². The number of ether oxygens (including phenoxy) is 1. The van der Waals surface area contributed by atoms with Crippen LogP contribution in [0.3, 0.4) is 0 Å². The van der Waals surface area contributed by atoms with E-state index >= 15 is 0 Å². The first-order valence-electron chi connectivity index (χ1n) is 8.21. The molecule has 154 valence electrons. The van der Waals surface area contributed by atoms with Crippen molar-refractivity contribution < 1.29 is 26.7 Å². The molecule has 3 aromatic rings. The molecule has 0 aromatic carbocycles. The summed E-state index contributed by atoms with van der Waals surface area (Å²) in [6.07, 6.45) is -2.33. The van der Waals surface area contributed by atoms with E-state index in [2.05, 4.69) is 24.9 Å². The van der Waals surface area contributed by atoms with Crippen molar-refractivity contribution in [2.45, 2.75) is 24.6 Å². The number of thioether (sulfide) groups is 1. The van der Waals surface area contributed by atoms with Gasteiger partial charge in [0.1, 0.15) is 17.1 Å². The van der Waals surface area contributed by atoms with Crippen LogP contribution in [0, 0.1) is 0 Å². The van der Waals surface area contributed by atoms with Crippen molar-refractivity contribution in [3.8, 4) is 28.7 Å². The van der Waals surface area contributed by atoms with E-state index in [0.717, 1.165) is 18.5 Å². The van der Waals surface area contributed by atoms with Crippen molar-refractivity contribution in [2.75, 3.05) is 5.75 Å². The molecule has 0 radical (unpaired) electrons. The number of nitrogens with zero attached hydrogens (tertiary/aromatic N) is 5. The lowest BCUT2D eigenvalue weighted by Gasteiger charge is -2.11. The summed E-state index contributed by atoms with van der Waals surface area (Å²) in [4.78, 5) is 8.14. The van der Waals surface area contributed by atoms with E-state index in [0.29, 0.717) is 27.7 Å². The third-order valence-electron chi connectivity index (χ3n) is 3.75. The van der Waals surface area contributed by atoms with Gasteiger partial charge in [0.2, 0.25) is 0 Å². The Bertz CT molecular complexity index is 991. The monoisotopic (exact) mass is 431 g/mol. The van der Waals surface area contributed by atoms with E-state index in [1.54, 1.807) is 11.6 Å². The number of aromatic nitrogens is 5. The number of pyridine rings is 2. The molecule has 6 nitrogen and oxygen atoms in total. The van der Waals surface area contributed by atoms with Crippen LogP contribution in [-0.4, -0.2) is 37.1 Å². The van der Waals surface area contributed by atoms with Crippen molar-refractivity contribution in [3.63, 3.8) is 0 Å². The maximum Gasteiger partial charge on any atom is 0.433 e. The lowest BCUT2D eigenvalue weighted by atomic mass is 10.2. The molecule has 29 heavy (non-hydrogen) atoms. The Morgan fingerprint density at radius 3 is 2.41 bits per heavy atom. The third-order valence-corrected chi connectivity index (χ3v) is 4.66. The van der Waals surface area contributed by atoms with Crippen LogP contribution in [0.4, 0.5) is 22.0 Å². The molecular formula is C17H14F5N5OS. The normalized spacial score (nSPS) is 11.9. The zero-order chi connectivity index (χ0) is 21.2. The molecule has 3 aromatic heterocycles. The highest BCUT2D eigenvalue weighted by Crippen LogP contribution is 2.33. The molecule has 0 spiro atoms. The molecule has 3 heterocycles.